The molecule has 6 nitrogen and oxygen atoms in total. The van der Waals surface area contributed by atoms with Gasteiger partial charge in [0.25, 0.3) is 0 Å². The van der Waals surface area contributed by atoms with Gasteiger partial charge in [-0.1, -0.05) is 11.6 Å². The first kappa shape index (κ1) is 17.5. The Kier molecular flexibility index (Phi) is 5.43. The first-order chi connectivity index (χ1) is 10.9. The van der Waals surface area contributed by atoms with Crippen LogP contribution in [0.1, 0.15) is 18.9 Å². The van der Waals surface area contributed by atoms with E-state index in [2.05, 4.69) is 4.74 Å². The summed E-state index contributed by atoms with van der Waals surface area (Å²) in [5, 5.41) is 0. The van der Waals surface area contributed by atoms with E-state index in [0.29, 0.717) is 30.8 Å². The van der Waals surface area contributed by atoms with Gasteiger partial charge in [-0.25, -0.2) is 8.42 Å². The van der Waals surface area contributed by atoms with Gasteiger partial charge in [-0.2, -0.15) is 4.31 Å². The number of nitrogens with zero attached hydrogens (tertiary/aromatic N) is 1. The minimum atomic E-state index is -3.68. The zero-order chi connectivity index (χ0) is 17.0. The van der Waals surface area contributed by atoms with Crippen molar-refractivity contribution in [3.8, 4) is 5.75 Å². The average molecular weight is 339 g/mol. The lowest BCUT2D eigenvalue weighted by Crippen LogP contribution is -2.36. The van der Waals surface area contributed by atoms with Crippen LogP contribution in [-0.4, -0.2) is 46.0 Å². The molecule has 0 fully saturated rings. The summed E-state index contributed by atoms with van der Waals surface area (Å²) in [5.74, 6) is 0.00185. The summed E-state index contributed by atoms with van der Waals surface area (Å²) in [7, 11) is -0.912. The van der Waals surface area contributed by atoms with E-state index in [1.165, 1.54) is 24.6 Å². The van der Waals surface area contributed by atoms with Crippen LogP contribution < -0.4 is 4.74 Å². The Bertz CT molecular complexity index is 724. The fourth-order valence-corrected chi connectivity index (χ4v) is 4.22. The standard InChI is InChI=1S/C16H21NO5S/c1-12-5-4-8-17(11-12)23(19,20)15-7-6-14(21-2)9-13(15)10-16(18)22-3/h5-7,9H,4,8,10-11H2,1-3H3. The zero-order valence-electron chi connectivity index (χ0n) is 13.5. The van der Waals surface area contributed by atoms with Crippen molar-refractivity contribution < 1.29 is 22.7 Å². The normalized spacial score (nSPS) is 15.9. The van der Waals surface area contributed by atoms with Crippen molar-refractivity contribution in [3.63, 3.8) is 0 Å². The van der Waals surface area contributed by atoms with E-state index in [1.807, 2.05) is 13.0 Å². The number of esters is 1. The van der Waals surface area contributed by atoms with Gasteiger partial charge in [0, 0.05) is 13.1 Å². The van der Waals surface area contributed by atoms with Crippen LogP contribution in [0.2, 0.25) is 0 Å². The molecule has 0 atom stereocenters. The van der Waals surface area contributed by atoms with Gasteiger partial charge in [0.2, 0.25) is 10.0 Å². The molecule has 1 aromatic rings. The van der Waals surface area contributed by atoms with Crippen LogP contribution in [0, 0.1) is 0 Å². The fourth-order valence-electron chi connectivity index (χ4n) is 2.52. The smallest absolute Gasteiger partial charge is 0.310 e. The molecule has 0 saturated carbocycles. The molecule has 0 aliphatic carbocycles. The highest BCUT2D eigenvalue weighted by molar-refractivity contribution is 7.89. The van der Waals surface area contributed by atoms with E-state index in [4.69, 9.17) is 4.74 Å². The van der Waals surface area contributed by atoms with E-state index >= 15 is 0 Å². The largest absolute Gasteiger partial charge is 0.497 e. The molecule has 0 bridgehead atoms. The van der Waals surface area contributed by atoms with Crippen molar-refractivity contribution in [1.29, 1.82) is 0 Å². The van der Waals surface area contributed by atoms with Crippen LogP contribution in [0.25, 0.3) is 0 Å². The summed E-state index contributed by atoms with van der Waals surface area (Å²) in [4.78, 5) is 11.7. The van der Waals surface area contributed by atoms with Crippen LogP contribution in [0.15, 0.2) is 34.7 Å². The first-order valence-corrected chi connectivity index (χ1v) is 8.72. The molecule has 1 aliphatic rings. The predicted octanol–water partition coefficient (Wildman–Crippen LogP) is 1.75. The molecule has 0 radical (unpaired) electrons. The van der Waals surface area contributed by atoms with Crippen molar-refractivity contribution in [1.82, 2.24) is 4.31 Å². The molecule has 7 heteroatoms. The molecule has 23 heavy (non-hydrogen) atoms. The lowest BCUT2D eigenvalue weighted by molar-refractivity contribution is -0.139. The predicted molar refractivity (Wildman–Crippen MR) is 85.8 cm³/mol. The maximum Gasteiger partial charge on any atom is 0.310 e. The minimum absolute atomic E-state index is 0.120. The van der Waals surface area contributed by atoms with Gasteiger partial charge in [0.1, 0.15) is 5.75 Å². The maximum atomic E-state index is 12.9. The molecule has 0 amide bonds. The van der Waals surface area contributed by atoms with Gasteiger partial charge < -0.3 is 9.47 Å². The lowest BCUT2D eigenvalue weighted by Gasteiger charge is -2.26. The summed E-state index contributed by atoms with van der Waals surface area (Å²) in [6.45, 7) is 2.71. The molecular formula is C16H21NO5S. The van der Waals surface area contributed by atoms with E-state index in [-0.39, 0.29) is 11.3 Å². The van der Waals surface area contributed by atoms with Gasteiger partial charge >= 0.3 is 5.97 Å². The summed E-state index contributed by atoms with van der Waals surface area (Å²) >= 11 is 0. The van der Waals surface area contributed by atoms with Gasteiger partial charge in [-0.15, -0.1) is 0 Å². The molecular weight excluding hydrogens is 318 g/mol. The maximum absolute atomic E-state index is 12.9. The third kappa shape index (κ3) is 3.92. The van der Waals surface area contributed by atoms with Gasteiger partial charge in [-0.3, -0.25) is 4.79 Å². The average Bonchev–Trinajstić information content (AvgIpc) is 2.54. The van der Waals surface area contributed by atoms with Crippen molar-refractivity contribution in [2.75, 3.05) is 27.3 Å². The number of carbonyl (C=O) groups is 1. The highest BCUT2D eigenvalue weighted by Crippen LogP contribution is 2.27. The third-order valence-corrected chi connectivity index (χ3v) is 5.69. The van der Waals surface area contributed by atoms with E-state index < -0.39 is 16.0 Å². The van der Waals surface area contributed by atoms with E-state index in [1.54, 1.807) is 12.1 Å². The molecule has 2 rings (SSSR count). The second-order valence-corrected chi connectivity index (χ2v) is 7.31. The first-order valence-electron chi connectivity index (χ1n) is 7.28. The Balaban J connectivity index is 2.44. The Morgan fingerprint density at radius 3 is 2.65 bits per heavy atom. The van der Waals surface area contributed by atoms with Gasteiger partial charge in [0.05, 0.1) is 25.5 Å². The molecule has 1 aliphatic heterocycles. The summed E-state index contributed by atoms with van der Waals surface area (Å²) in [5.41, 5.74) is 1.39. The summed E-state index contributed by atoms with van der Waals surface area (Å²) in [6, 6.07) is 4.64. The minimum Gasteiger partial charge on any atom is -0.497 e. The second-order valence-electron chi connectivity index (χ2n) is 5.40. The second kappa shape index (κ2) is 7.14. The number of sulfonamides is 1. The lowest BCUT2D eigenvalue weighted by atomic mass is 10.1. The number of rotatable bonds is 5. The molecule has 0 N–H and O–H groups in total. The molecule has 1 aromatic carbocycles. The summed E-state index contributed by atoms with van der Waals surface area (Å²) < 4.78 is 37.1. The van der Waals surface area contributed by atoms with Gasteiger partial charge in [-0.05, 0) is 37.1 Å². The number of carbonyl (C=O) groups excluding carboxylic acids is 1. The van der Waals surface area contributed by atoms with Crippen LogP contribution in [0.4, 0.5) is 0 Å². The zero-order valence-corrected chi connectivity index (χ0v) is 14.4. The molecule has 0 unspecified atom stereocenters. The molecule has 0 aromatic heterocycles. The van der Waals surface area contributed by atoms with Crippen molar-refractivity contribution >= 4 is 16.0 Å². The molecule has 126 valence electrons. The van der Waals surface area contributed by atoms with Crippen LogP contribution >= 0.6 is 0 Å². The van der Waals surface area contributed by atoms with Crippen LogP contribution in [0.5, 0.6) is 5.75 Å². The third-order valence-electron chi connectivity index (χ3n) is 3.74. The van der Waals surface area contributed by atoms with E-state index in [0.717, 1.165) is 5.57 Å². The quantitative estimate of drug-likeness (QED) is 0.604. The highest BCUT2D eigenvalue weighted by Gasteiger charge is 2.29. The number of ether oxygens (including phenoxy) is 2. The van der Waals surface area contributed by atoms with Crippen molar-refractivity contribution in [2.24, 2.45) is 0 Å². The Hall–Kier alpha value is -1.86. The van der Waals surface area contributed by atoms with Crippen molar-refractivity contribution in [2.45, 2.75) is 24.7 Å². The number of hydrogen-bond acceptors (Lipinski definition) is 5. The van der Waals surface area contributed by atoms with Gasteiger partial charge in [0.15, 0.2) is 0 Å². The SMILES string of the molecule is COC(=O)Cc1cc(OC)ccc1S(=O)(=O)N1CCC=C(C)C1. The topological polar surface area (TPSA) is 72.9 Å². The van der Waals surface area contributed by atoms with Crippen LogP contribution in [-0.2, 0) is 26.0 Å². The molecule has 1 heterocycles. The van der Waals surface area contributed by atoms with Crippen molar-refractivity contribution in [3.05, 3.63) is 35.4 Å². The number of methoxy groups -OCH3 is 2. The Morgan fingerprint density at radius 1 is 1.30 bits per heavy atom. The number of benzene rings is 1. The summed E-state index contributed by atoms with van der Waals surface area (Å²) in [6.07, 6.45) is 2.61. The monoisotopic (exact) mass is 339 g/mol. The van der Waals surface area contributed by atoms with Crippen LogP contribution in [0.3, 0.4) is 0 Å². The van der Waals surface area contributed by atoms with E-state index in [9.17, 15) is 13.2 Å². The highest BCUT2D eigenvalue weighted by atomic mass is 32.2. The number of hydrogen-bond donors (Lipinski definition) is 0. The molecule has 0 spiro atoms. The fraction of sp³-hybridized carbons (Fsp3) is 0.438. The Morgan fingerprint density at radius 2 is 2.04 bits per heavy atom. The Labute approximate surface area is 136 Å². The molecule has 0 saturated heterocycles.